The van der Waals surface area contributed by atoms with Gasteiger partial charge in [0.2, 0.25) is 10.0 Å². The van der Waals surface area contributed by atoms with E-state index in [4.69, 9.17) is 18.7 Å². The summed E-state index contributed by atoms with van der Waals surface area (Å²) >= 11 is 0. The number of hydrogen-bond acceptors (Lipinski definition) is 9. The standard InChI is InChI=1S/C28H35N3O9S/c1-17(2)14-31(41(35,36)19-8-9-24-21(13-19)26(33)30-40-24)15-23(32)22(12-18-6-4-3-5-7-18)29-28(34)39-25-16-38-27-20(25)10-11-37-27/h3-9,13,17,20,22-23,25,27,32H,10-12,14-16H2,1-2H3,(H,29,34)(H,30,33)/t20-,22-,23+,25?,27+/m0/s1. The van der Waals surface area contributed by atoms with Gasteiger partial charge in [0.15, 0.2) is 11.9 Å². The number of aliphatic hydroxyl groups is 1. The van der Waals surface area contributed by atoms with Gasteiger partial charge in [0.05, 0.1) is 41.6 Å². The fourth-order valence-corrected chi connectivity index (χ4v) is 6.93. The van der Waals surface area contributed by atoms with Crippen LogP contribution in [0, 0.1) is 11.8 Å². The molecule has 3 aromatic rings. The molecule has 0 saturated carbocycles. The minimum atomic E-state index is -4.14. The minimum absolute atomic E-state index is 0.0512. The topological polar surface area (TPSA) is 160 Å². The molecule has 12 nitrogen and oxygen atoms in total. The zero-order valence-electron chi connectivity index (χ0n) is 22.9. The number of alkyl carbamates (subject to hydrolysis) is 1. The van der Waals surface area contributed by atoms with Crippen molar-refractivity contribution in [1.29, 1.82) is 0 Å². The maximum absolute atomic E-state index is 13.8. The van der Waals surface area contributed by atoms with E-state index in [1.54, 1.807) is 0 Å². The van der Waals surface area contributed by atoms with Crippen LogP contribution in [0.4, 0.5) is 4.79 Å². The molecule has 5 atom stereocenters. The number of hydrogen-bond donors (Lipinski definition) is 3. The number of H-pyrrole nitrogens is 1. The zero-order valence-corrected chi connectivity index (χ0v) is 23.7. The Balaban J connectivity index is 1.36. The molecule has 0 bridgehead atoms. The number of carbonyl (C=O) groups is 1. The summed E-state index contributed by atoms with van der Waals surface area (Å²) in [6, 6.07) is 12.4. The Kier molecular flexibility index (Phi) is 8.80. The van der Waals surface area contributed by atoms with Gasteiger partial charge >= 0.3 is 6.09 Å². The molecular formula is C28H35N3O9S. The van der Waals surface area contributed by atoms with Gasteiger partial charge in [-0.1, -0.05) is 44.2 Å². The number of nitrogens with one attached hydrogen (secondary N) is 2. The van der Waals surface area contributed by atoms with Gasteiger partial charge < -0.3 is 29.2 Å². The summed E-state index contributed by atoms with van der Waals surface area (Å²) in [5.41, 5.74) is 0.535. The van der Waals surface area contributed by atoms with E-state index in [2.05, 4.69) is 10.5 Å². The summed E-state index contributed by atoms with van der Waals surface area (Å²) in [6.45, 7) is 4.28. The Bertz CT molecular complexity index is 1500. The van der Waals surface area contributed by atoms with E-state index >= 15 is 0 Å². The van der Waals surface area contributed by atoms with E-state index in [1.165, 1.54) is 22.5 Å². The molecule has 0 aliphatic carbocycles. The zero-order chi connectivity index (χ0) is 29.1. The normalized spacial score (nSPS) is 22.2. The lowest BCUT2D eigenvalue weighted by molar-refractivity contribution is -0.0907. The average molecular weight is 590 g/mol. The van der Waals surface area contributed by atoms with Gasteiger partial charge in [-0.25, -0.2) is 13.2 Å². The Morgan fingerprint density at radius 3 is 2.71 bits per heavy atom. The van der Waals surface area contributed by atoms with Crippen molar-refractivity contribution < 1.29 is 37.1 Å². The van der Waals surface area contributed by atoms with Crippen molar-refractivity contribution >= 4 is 27.1 Å². The highest BCUT2D eigenvalue weighted by molar-refractivity contribution is 7.89. The van der Waals surface area contributed by atoms with Gasteiger partial charge in [0.1, 0.15) is 6.10 Å². The van der Waals surface area contributed by atoms with Crippen molar-refractivity contribution in [2.75, 3.05) is 26.3 Å². The first-order valence-electron chi connectivity index (χ1n) is 13.7. The second-order valence-electron chi connectivity index (χ2n) is 10.9. The highest BCUT2D eigenvalue weighted by Gasteiger charge is 2.44. The molecule has 5 rings (SSSR count). The predicted octanol–water partition coefficient (Wildman–Crippen LogP) is 2.23. The van der Waals surface area contributed by atoms with E-state index in [0.29, 0.717) is 6.61 Å². The number of aromatic nitrogens is 1. The molecule has 2 fully saturated rings. The number of ether oxygens (including phenoxy) is 3. The van der Waals surface area contributed by atoms with Crippen molar-refractivity contribution in [2.24, 2.45) is 11.8 Å². The number of aliphatic hydroxyl groups excluding tert-OH is 1. The fraction of sp³-hybridized carbons (Fsp3) is 0.500. The Morgan fingerprint density at radius 2 is 1.95 bits per heavy atom. The summed E-state index contributed by atoms with van der Waals surface area (Å²) in [7, 11) is -4.14. The van der Waals surface area contributed by atoms with Crippen molar-refractivity contribution in [3.05, 3.63) is 64.4 Å². The smallest absolute Gasteiger partial charge is 0.407 e. The van der Waals surface area contributed by atoms with Crippen LogP contribution in [0.25, 0.3) is 11.0 Å². The molecular weight excluding hydrogens is 554 g/mol. The maximum atomic E-state index is 13.8. The van der Waals surface area contributed by atoms with Gasteiger partial charge in [0, 0.05) is 13.1 Å². The molecule has 2 saturated heterocycles. The lowest BCUT2D eigenvalue weighted by Crippen LogP contribution is -2.51. The molecule has 3 N–H and O–H groups in total. The molecule has 0 radical (unpaired) electrons. The van der Waals surface area contributed by atoms with Crippen molar-refractivity contribution in [2.45, 2.75) is 56.1 Å². The molecule has 3 heterocycles. The lowest BCUT2D eigenvalue weighted by Gasteiger charge is -2.31. The molecule has 13 heteroatoms. The molecule has 222 valence electrons. The largest absolute Gasteiger partial charge is 0.443 e. The fourth-order valence-electron chi connectivity index (χ4n) is 5.28. The number of benzene rings is 2. The van der Waals surface area contributed by atoms with Gasteiger partial charge in [-0.15, -0.1) is 0 Å². The average Bonchev–Trinajstić information content (AvgIpc) is 3.66. The van der Waals surface area contributed by atoms with Crippen LogP contribution in [0.15, 0.2) is 62.7 Å². The number of fused-ring (bicyclic) bond motifs is 2. The first-order chi connectivity index (χ1) is 19.6. The summed E-state index contributed by atoms with van der Waals surface area (Å²) in [5.74, 6) is -0.128. The third-order valence-corrected chi connectivity index (χ3v) is 9.18. The van der Waals surface area contributed by atoms with Gasteiger partial charge in [-0.3, -0.25) is 4.79 Å². The number of rotatable bonds is 11. The van der Waals surface area contributed by atoms with Crippen molar-refractivity contribution in [3.63, 3.8) is 0 Å². The SMILES string of the molecule is CC(C)CN(C[C@@H](O)[C@H](Cc1ccccc1)NC(=O)OC1CO[C@H]2OCC[C@@H]12)S(=O)(=O)c1ccc2o[nH]c(=O)c2c1. The molecule has 1 amide bonds. The minimum Gasteiger partial charge on any atom is -0.443 e. The third-order valence-electron chi connectivity index (χ3n) is 7.36. The lowest BCUT2D eigenvalue weighted by atomic mass is 10.0. The van der Waals surface area contributed by atoms with E-state index in [0.717, 1.165) is 12.0 Å². The summed E-state index contributed by atoms with van der Waals surface area (Å²) in [4.78, 5) is 25.0. The van der Waals surface area contributed by atoms with E-state index in [9.17, 15) is 23.1 Å². The molecule has 2 aliphatic rings. The predicted molar refractivity (Wildman–Crippen MR) is 148 cm³/mol. The highest BCUT2D eigenvalue weighted by Crippen LogP contribution is 2.33. The molecule has 0 spiro atoms. The second kappa shape index (κ2) is 12.3. The van der Waals surface area contributed by atoms with E-state index in [-0.39, 0.29) is 60.1 Å². The van der Waals surface area contributed by atoms with Crippen LogP contribution in [-0.2, 0) is 30.7 Å². The maximum Gasteiger partial charge on any atom is 0.407 e. The van der Waals surface area contributed by atoms with E-state index < -0.39 is 39.9 Å². The summed E-state index contributed by atoms with van der Waals surface area (Å²) in [6.07, 6.45) is -1.92. The number of nitrogens with zero attached hydrogens (tertiary/aromatic N) is 1. The van der Waals surface area contributed by atoms with Crippen LogP contribution in [0.5, 0.6) is 0 Å². The van der Waals surface area contributed by atoms with Gasteiger partial charge in [-0.05, 0) is 42.5 Å². The Labute approximate surface area is 237 Å². The van der Waals surface area contributed by atoms with Crippen molar-refractivity contribution in [3.8, 4) is 0 Å². The quantitative estimate of drug-likeness (QED) is 0.305. The second-order valence-corrected chi connectivity index (χ2v) is 12.8. The summed E-state index contributed by atoms with van der Waals surface area (Å²) in [5, 5.41) is 16.5. The van der Waals surface area contributed by atoms with Crippen LogP contribution in [0.3, 0.4) is 0 Å². The van der Waals surface area contributed by atoms with Crippen LogP contribution in [0.1, 0.15) is 25.8 Å². The van der Waals surface area contributed by atoms with Crippen LogP contribution in [0.2, 0.25) is 0 Å². The number of amides is 1. The van der Waals surface area contributed by atoms with Gasteiger partial charge in [-0.2, -0.15) is 9.46 Å². The monoisotopic (exact) mass is 589 g/mol. The Hall–Kier alpha value is -3.23. The third kappa shape index (κ3) is 6.65. The highest BCUT2D eigenvalue weighted by atomic mass is 32.2. The number of sulfonamides is 1. The molecule has 1 unspecified atom stereocenters. The Morgan fingerprint density at radius 1 is 1.17 bits per heavy atom. The molecule has 2 aliphatic heterocycles. The van der Waals surface area contributed by atoms with Crippen LogP contribution < -0.4 is 10.9 Å². The van der Waals surface area contributed by atoms with E-state index in [1.807, 2.05) is 44.2 Å². The summed E-state index contributed by atoms with van der Waals surface area (Å²) < 4.78 is 50.4. The number of aromatic amines is 1. The van der Waals surface area contributed by atoms with Crippen molar-refractivity contribution in [1.82, 2.24) is 14.8 Å². The molecule has 41 heavy (non-hydrogen) atoms. The van der Waals surface area contributed by atoms with Crippen LogP contribution in [-0.4, -0.2) is 79.9 Å². The first-order valence-corrected chi connectivity index (χ1v) is 15.1. The van der Waals surface area contributed by atoms with Crippen LogP contribution >= 0.6 is 0 Å². The number of carbonyl (C=O) groups excluding carboxylic acids is 1. The van der Waals surface area contributed by atoms with Gasteiger partial charge in [0.25, 0.3) is 5.56 Å². The first kappa shape index (κ1) is 29.3. The molecule has 1 aromatic heterocycles. The molecule has 2 aromatic carbocycles.